The lowest BCUT2D eigenvalue weighted by atomic mass is 10.0. The van der Waals surface area contributed by atoms with Gasteiger partial charge in [0, 0.05) is 18.2 Å². The first-order valence-corrected chi connectivity index (χ1v) is 5.62. The molecule has 1 aromatic carbocycles. The number of nitrogens with zero attached hydrogens (tertiary/aromatic N) is 2. The fourth-order valence-corrected chi connectivity index (χ4v) is 2.11. The number of halogens is 1. The predicted molar refractivity (Wildman–Crippen MR) is 66.1 cm³/mol. The average molecular weight is 233 g/mol. The van der Waals surface area contributed by atoms with Gasteiger partial charge in [-0.15, -0.1) is 0 Å². The van der Waals surface area contributed by atoms with Crippen molar-refractivity contribution in [3.8, 4) is 11.3 Å². The molecule has 0 aliphatic carbocycles. The highest BCUT2D eigenvalue weighted by Gasteiger charge is 2.14. The van der Waals surface area contributed by atoms with Crippen molar-refractivity contribution in [2.75, 3.05) is 6.54 Å². The van der Waals surface area contributed by atoms with E-state index in [2.05, 4.69) is 5.10 Å². The first-order chi connectivity index (χ1) is 8.13. The van der Waals surface area contributed by atoms with E-state index in [-0.39, 0.29) is 5.82 Å². The van der Waals surface area contributed by atoms with E-state index < -0.39 is 0 Å². The molecule has 3 nitrogen and oxygen atoms in total. The molecule has 0 radical (unpaired) electrons. The number of hydrogen-bond acceptors (Lipinski definition) is 2. The van der Waals surface area contributed by atoms with E-state index in [1.54, 1.807) is 12.1 Å². The van der Waals surface area contributed by atoms with Crippen molar-refractivity contribution in [3.05, 3.63) is 41.3 Å². The third-order valence-electron chi connectivity index (χ3n) is 2.86. The summed E-state index contributed by atoms with van der Waals surface area (Å²) >= 11 is 0. The number of aryl methyl sites for hydroxylation is 2. The summed E-state index contributed by atoms with van der Waals surface area (Å²) in [4.78, 5) is 0. The molecule has 4 heteroatoms. The normalized spacial score (nSPS) is 10.8. The molecule has 17 heavy (non-hydrogen) atoms. The highest BCUT2D eigenvalue weighted by molar-refractivity contribution is 5.64. The van der Waals surface area contributed by atoms with Crippen LogP contribution in [0.5, 0.6) is 0 Å². The lowest BCUT2D eigenvalue weighted by molar-refractivity contribution is 0.628. The minimum Gasteiger partial charge on any atom is -0.330 e. The molecule has 0 atom stereocenters. The van der Waals surface area contributed by atoms with Gasteiger partial charge in [-0.05, 0) is 44.2 Å². The van der Waals surface area contributed by atoms with Crippen LogP contribution in [0.4, 0.5) is 4.39 Å². The van der Waals surface area contributed by atoms with Gasteiger partial charge in [-0.25, -0.2) is 4.39 Å². The molecule has 2 aromatic rings. The fourth-order valence-electron chi connectivity index (χ4n) is 2.11. The highest BCUT2D eigenvalue weighted by Crippen LogP contribution is 2.26. The summed E-state index contributed by atoms with van der Waals surface area (Å²) in [5.74, 6) is -0.229. The van der Waals surface area contributed by atoms with Crippen molar-refractivity contribution in [3.63, 3.8) is 0 Å². The quantitative estimate of drug-likeness (QED) is 0.881. The van der Waals surface area contributed by atoms with E-state index >= 15 is 0 Å². The van der Waals surface area contributed by atoms with Crippen LogP contribution in [-0.4, -0.2) is 16.3 Å². The first-order valence-electron chi connectivity index (χ1n) is 5.62. The Balaban J connectivity index is 2.53. The zero-order chi connectivity index (χ0) is 12.4. The minimum absolute atomic E-state index is 0.229. The molecular formula is C13H16FN3. The second-order valence-corrected chi connectivity index (χ2v) is 4.08. The topological polar surface area (TPSA) is 43.8 Å². The van der Waals surface area contributed by atoms with E-state index in [9.17, 15) is 4.39 Å². The number of aromatic nitrogens is 2. The molecule has 0 aliphatic heterocycles. The Bertz CT molecular complexity index is 514. The maximum atomic E-state index is 12.9. The molecule has 0 saturated carbocycles. The molecule has 2 rings (SSSR count). The van der Waals surface area contributed by atoms with Crippen molar-refractivity contribution >= 4 is 0 Å². The van der Waals surface area contributed by atoms with Gasteiger partial charge in [0.1, 0.15) is 5.82 Å². The van der Waals surface area contributed by atoms with Crippen LogP contribution in [-0.2, 0) is 13.5 Å². The van der Waals surface area contributed by atoms with E-state index in [1.165, 1.54) is 12.1 Å². The third kappa shape index (κ3) is 2.22. The summed E-state index contributed by atoms with van der Waals surface area (Å²) in [7, 11) is 1.89. The molecular weight excluding hydrogens is 217 g/mol. The highest BCUT2D eigenvalue weighted by atomic mass is 19.1. The summed E-state index contributed by atoms with van der Waals surface area (Å²) in [6, 6.07) is 6.46. The summed E-state index contributed by atoms with van der Waals surface area (Å²) in [6.07, 6.45) is 0.784. The van der Waals surface area contributed by atoms with Crippen molar-refractivity contribution in [1.29, 1.82) is 0 Å². The monoisotopic (exact) mass is 233 g/mol. The maximum absolute atomic E-state index is 12.9. The molecule has 1 heterocycles. The molecule has 0 saturated heterocycles. The minimum atomic E-state index is -0.229. The molecule has 2 N–H and O–H groups in total. The standard InChI is InChI=1S/C13H16FN3/c1-9-12(7-8-15)13(17(2)16-9)10-3-5-11(14)6-4-10/h3-6H,7-8,15H2,1-2H3. The fraction of sp³-hybridized carbons (Fsp3) is 0.308. The van der Waals surface area contributed by atoms with Crippen molar-refractivity contribution in [1.82, 2.24) is 9.78 Å². The lowest BCUT2D eigenvalue weighted by Gasteiger charge is -2.06. The zero-order valence-corrected chi connectivity index (χ0v) is 10.1. The van der Waals surface area contributed by atoms with Crippen LogP contribution < -0.4 is 5.73 Å². The van der Waals surface area contributed by atoms with Crippen molar-refractivity contribution < 1.29 is 4.39 Å². The third-order valence-corrected chi connectivity index (χ3v) is 2.86. The van der Waals surface area contributed by atoms with Crippen LogP contribution in [0, 0.1) is 12.7 Å². The molecule has 0 unspecified atom stereocenters. The SMILES string of the molecule is Cc1nn(C)c(-c2ccc(F)cc2)c1CCN. The van der Waals surface area contributed by atoms with Gasteiger partial charge in [-0.3, -0.25) is 4.68 Å². The molecule has 1 aromatic heterocycles. The Morgan fingerprint density at radius 2 is 1.94 bits per heavy atom. The predicted octanol–water partition coefficient (Wildman–Crippen LogP) is 2.04. The Hall–Kier alpha value is -1.68. The van der Waals surface area contributed by atoms with E-state index in [1.807, 2.05) is 18.7 Å². The average Bonchev–Trinajstić information content (AvgIpc) is 2.56. The summed E-state index contributed by atoms with van der Waals surface area (Å²) < 4.78 is 14.7. The number of hydrogen-bond donors (Lipinski definition) is 1. The van der Waals surface area contributed by atoms with Crippen LogP contribution in [0.2, 0.25) is 0 Å². The van der Waals surface area contributed by atoms with Gasteiger partial charge in [0.2, 0.25) is 0 Å². The molecule has 90 valence electrons. The summed E-state index contributed by atoms with van der Waals surface area (Å²) in [5, 5.41) is 4.40. The van der Waals surface area contributed by atoms with Gasteiger partial charge < -0.3 is 5.73 Å². The second-order valence-electron chi connectivity index (χ2n) is 4.08. The Morgan fingerprint density at radius 3 is 2.53 bits per heavy atom. The van der Waals surface area contributed by atoms with Crippen LogP contribution in [0.25, 0.3) is 11.3 Å². The maximum Gasteiger partial charge on any atom is 0.123 e. The second kappa shape index (κ2) is 4.67. The first kappa shape index (κ1) is 11.8. The van der Waals surface area contributed by atoms with Gasteiger partial charge in [0.25, 0.3) is 0 Å². The number of nitrogens with two attached hydrogens (primary N) is 1. The van der Waals surface area contributed by atoms with E-state index in [0.717, 1.165) is 28.9 Å². The van der Waals surface area contributed by atoms with Crippen molar-refractivity contribution in [2.45, 2.75) is 13.3 Å². The summed E-state index contributed by atoms with van der Waals surface area (Å²) in [5.41, 5.74) is 9.73. The van der Waals surface area contributed by atoms with Gasteiger partial charge in [0.15, 0.2) is 0 Å². The Morgan fingerprint density at radius 1 is 1.29 bits per heavy atom. The van der Waals surface area contributed by atoms with Crippen LogP contribution >= 0.6 is 0 Å². The summed E-state index contributed by atoms with van der Waals surface area (Å²) in [6.45, 7) is 2.55. The Labute approximate surface area is 100 Å². The lowest BCUT2D eigenvalue weighted by Crippen LogP contribution is -2.04. The number of benzene rings is 1. The molecule has 0 fully saturated rings. The van der Waals surface area contributed by atoms with Gasteiger partial charge in [-0.2, -0.15) is 5.10 Å². The van der Waals surface area contributed by atoms with Crippen LogP contribution in [0.15, 0.2) is 24.3 Å². The van der Waals surface area contributed by atoms with E-state index in [4.69, 9.17) is 5.73 Å². The van der Waals surface area contributed by atoms with Gasteiger partial charge >= 0.3 is 0 Å². The van der Waals surface area contributed by atoms with Gasteiger partial charge in [0.05, 0.1) is 11.4 Å². The molecule has 0 spiro atoms. The largest absolute Gasteiger partial charge is 0.330 e. The smallest absolute Gasteiger partial charge is 0.123 e. The van der Waals surface area contributed by atoms with Gasteiger partial charge in [-0.1, -0.05) is 0 Å². The van der Waals surface area contributed by atoms with Crippen LogP contribution in [0.1, 0.15) is 11.3 Å². The van der Waals surface area contributed by atoms with E-state index in [0.29, 0.717) is 6.54 Å². The number of rotatable bonds is 3. The molecule has 0 aliphatic rings. The van der Waals surface area contributed by atoms with Crippen LogP contribution in [0.3, 0.4) is 0 Å². The zero-order valence-electron chi connectivity index (χ0n) is 10.1. The van der Waals surface area contributed by atoms with Crippen molar-refractivity contribution in [2.24, 2.45) is 12.8 Å². The Kier molecular flexibility index (Phi) is 3.24. The molecule has 0 bridgehead atoms. The molecule has 0 amide bonds.